The number of rotatable bonds is 7. The Hall–Kier alpha value is -2.83. The van der Waals surface area contributed by atoms with Crippen molar-refractivity contribution >= 4 is 6.03 Å². The number of hydrogen-bond acceptors (Lipinski definition) is 4. The van der Waals surface area contributed by atoms with E-state index in [1.54, 1.807) is 24.3 Å². The van der Waals surface area contributed by atoms with Crippen LogP contribution in [0.5, 0.6) is 5.75 Å². The number of carbonyl (C=O) groups is 1. The SMILES string of the molecule is CCCCCCNC(=O)n1cc(-c2ccccc2OC)c(=O)[nH]c1=O.[HH].[HH]. The third-order valence-corrected chi connectivity index (χ3v) is 3.86. The highest BCUT2D eigenvalue weighted by atomic mass is 16.5. The van der Waals surface area contributed by atoms with Gasteiger partial charge in [0.1, 0.15) is 5.75 Å². The van der Waals surface area contributed by atoms with E-state index in [-0.39, 0.29) is 8.42 Å². The zero-order valence-corrected chi connectivity index (χ0v) is 14.5. The summed E-state index contributed by atoms with van der Waals surface area (Å²) in [6.07, 6.45) is 5.32. The van der Waals surface area contributed by atoms with Crippen molar-refractivity contribution in [3.63, 3.8) is 0 Å². The van der Waals surface area contributed by atoms with Gasteiger partial charge in [0.25, 0.3) is 5.56 Å². The van der Waals surface area contributed by atoms with E-state index < -0.39 is 17.3 Å². The number of unbranched alkanes of at least 4 members (excludes halogenated alkanes) is 3. The number of hydrogen-bond donors (Lipinski definition) is 2. The molecule has 0 saturated carbocycles. The standard InChI is InChI=1S/C18H23N3O4.2H2/c1-3-4-5-8-11-19-17(23)21-12-14(16(22)20-18(21)24)13-9-6-7-10-15(13)25-2;;/h6-7,9-10,12H,3-5,8,11H2,1-2H3,(H,19,23)(H,20,22,24);2*1H. The van der Waals surface area contributed by atoms with E-state index in [0.717, 1.165) is 30.3 Å². The summed E-state index contributed by atoms with van der Waals surface area (Å²) in [5.41, 5.74) is -0.634. The zero-order valence-electron chi connectivity index (χ0n) is 14.5. The van der Waals surface area contributed by atoms with Crippen LogP contribution in [0, 0.1) is 0 Å². The number of nitrogens with zero attached hydrogens (tertiary/aromatic N) is 1. The Morgan fingerprint density at radius 3 is 2.68 bits per heavy atom. The lowest BCUT2D eigenvalue weighted by atomic mass is 10.1. The summed E-state index contributed by atoms with van der Waals surface area (Å²) in [7, 11) is 1.49. The molecule has 1 amide bonds. The summed E-state index contributed by atoms with van der Waals surface area (Å²) >= 11 is 0. The summed E-state index contributed by atoms with van der Waals surface area (Å²) in [5.74, 6) is 0.484. The molecule has 0 aliphatic carbocycles. The van der Waals surface area contributed by atoms with Crippen molar-refractivity contribution in [1.29, 1.82) is 0 Å². The molecule has 0 bridgehead atoms. The van der Waals surface area contributed by atoms with E-state index in [1.807, 2.05) is 0 Å². The number of aromatic nitrogens is 2. The molecule has 0 radical (unpaired) electrons. The third kappa shape index (κ3) is 4.59. The molecule has 0 aliphatic rings. The lowest BCUT2D eigenvalue weighted by molar-refractivity contribution is 0.241. The van der Waals surface area contributed by atoms with Gasteiger partial charge >= 0.3 is 11.7 Å². The maximum absolute atomic E-state index is 12.2. The molecule has 1 aromatic heterocycles. The molecule has 0 atom stereocenters. The lowest BCUT2D eigenvalue weighted by Gasteiger charge is -2.10. The number of aromatic amines is 1. The average Bonchev–Trinajstić information content (AvgIpc) is 2.61. The number of benzene rings is 1. The van der Waals surface area contributed by atoms with Crippen LogP contribution in [0.2, 0.25) is 0 Å². The van der Waals surface area contributed by atoms with Gasteiger partial charge in [-0.3, -0.25) is 9.78 Å². The Labute approximate surface area is 148 Å². The third-order valence-electron chi connectivity index (χ3n) is 3.86. The van der Waals surface area contributed by atoms with Gasteiger partial charge in [0, 0.05) is 21.2 Å². The van der Waals surface area contributed by atoms with Gasteiger partial charge in [-0.05, 0) is 12.5 Å². The fourth-order valence-electron chi connectivity index (χ4n) is 2.51. The molecular formula is C18H27N3O4. The highest BCUT2D eigenvalue weighted by Crippen LogP contribution is 2.26. The highest BCUT2D eigenvalue weighted by molar-refractivity contribution is 5.78. The van der Waals surface area contributed by atoms with Gasteiger partial charge in [-0.2, -0.15) is 0 Å². The number of H-pyrrole nitrogens is 1. The van der Waals surface area contributed by atoms with E-state index in [2.05, 4.69) is 17.2 Å². The van der Waals surface area contributed by atoms with Gasteiger partial charge in [-0.1, -0.05) is 44.4 Å². The summed E-state index contributed by atoms with van der Waals surface area (Å²) in [5, 5.41) is 2.70. The smallest absolute Gasteiger partial charge is 0.336 e. The van der Waals surface area contributed by atoms with Crippen LogP contribution < -0.4 is 21.3 Å². The maximum atomic E-state index is 12.2. The van der Waals surface area contributed by atoms with Crippen LogP contribution in [0.25, 0.3) is 11.1 Å². The number of amides is 1. The molecule has 2 N–H and O–H groups in total. The fraction of sp³-hybridized carbons (Fsp3) is 0.389. The van der Waals surface area contributed by atoms with Crippen molar-refractivity contribution in [3.8, 4) is 16.9 Å². The molecule has 7 nitrogen and oxygen atoms in total. The first-order valence-corrected chi connectivity index (χ1v) is 8.36. The molecular weight excluding hydrogens is 322 g/mol. The van der Waals surface area contributed by atoms with Crippen molar-refractivity contribution < 1.29 is 12.4 Å². The van der Waals surface area contributed by atoms with E-state index in [9.17, 15) is 14.4 Å². The predicted octanol–water partition coefficient (Wildman–Crippen LogP) is 2.84. The molecule has 0 fully saturated rings. The number of para-hydroxylation sites is 1. The molecule has 7 heteroatoms. The second-order valence-electron chi connectivity index (χ2n) is 5.66. The van der Waals surface area contributed by atoms with Crippen molar-refractivity contribution in [3.05, 3.63) is 51.3 Å². The van der Waals surface area contributed by atoms with Crippen molar-refractivity contribution in [2.24, 2.45) is 0 Å². The van der Waals surface area contributed by atoms with Crippen molar-refractivity contribution in [2.45, 2.75) is 32.6 Å². The number of carbonyl (C=O) groups excluding carboxylic acids is 1. The van der Waals surface area contributed by atoms with Crippen molar-refractivity contribution in [2.75, 3.05) is 13.7 Å². The van der Waals surface area contributed by atoms with Gasteiger partial charge in [0.05, 0.1) is 12.7 Å². The van der Waals surface area contributed by atoms with Gasteiger partial charge in [0.15, 0.2) is 0 Å². The zero-order chi connectivity index (χ0) is 18.2. The van der Waals surface area contributed by atoms with Gasteiger partial charge < -0.3 is 10.1 Å². The molecule has 0 aliphatic heterocycles. The molecule has 0 spiro atoms. The topological polar surface area (TPSA) is 93.2 Å². The number of ether oxygens (including phenoxy) is 1. The minimum atomic E-state index is -0.769. The Morgan fingerprint density at radius 1 is 1.20 bits per heavy atom. The molecule has 2 aromatic rings. The Balaban J connectivity index is 0.00000338. The van der Waals surface area contributed by atoms with Crippen LogP contribution in [0.4, 0.5) is 4.79 Å². The van der Waals surface area contributed by atoms with Crippen LogP contribution in [0.3, 0.4) is 0 Å². The van der Waals surface area contributed by atoms with Crippen LogP contribution >= 0.6 is 0 Å². The number of methoxy groups -OCH3 is 1. The van der Waals surface area contributed by atoms with Crippen LogP contribution in [0.15, 0.2) is 40.1 Å². The minimum Gasteiger partial charge on any atom is -0.496 e. The van der Waals surface area contributed by atoms with E-state index in [4.69, 9.17) is 4.74 Å². The maximum Gasteiger partial charge on any atom is 0.336 e. The molecule has 0 saturated heterocycles. The Morgan fingerprint density at radius 2 is 1.96 bits per heavy atom. The van der Waals surface area contributed by atoms with E-state index in [1.165, 1.54) is 13.3 Å². The highest BCUT2D eigenvalue weighted by Gasteiger charge is 2.14. The summed E-state index contributed by atoms with van der Waals surface area (Å²) in [6, 6.07) is 6.36. The summed E-state index contributed by atoms with van der Waals surface area (Å²) < 4.78 is 6.12. The van der Waals surface area contributed by atoms with E-state index in [0.29, 0.717) is 17.9 Å². The summed E-state index contributed by atoms with van der Waals surface area (Å²) in [6.45, 7) is 2.59. The first kappa shape index (κ1) is 18.5. The average molecular weight is 349 g/mol. The van der Waals surface area contributed by atoms with E-state index >= 15 is 0 Å². The first-order valence-electron chi connectivity index (χ1n) is 8.36. The predicted molar refractivity (Wildman–Crippen MR) is 100 cm³/mol. The molecule has 138 valence electrons. The minimum absolute atomic E-state index is 0. The van der Waals surface area contributed by atoms with Gasteiger partial charge in [0.2, 0.25) is 0 Å². The molecule has 0 unspecified atom stereocenters. The van der Waals surface area contributed by atoms with Crippen LogP contribution in [-0.2, 0) is 0 Å². The second kappa shape index (κ2) is 8.86. The normalized spacial score (nSPS) is 10.5. The quantitative estimate of drug-likeness (QED) is 0.752. The molecule has 2 rings (SSSR count). The Kier molecular flexibility index (Phi) is 6.56. The van der Waals surface area contributed by atoms with Gasteiger partial charge in [-0.25, -0.2) is 14.2 Å². The monoisotopic (exact) mass is 349 g/mol. The molecule has 1 heterocycles. The molecule has 25 heavy (non-hydrogen) atoms. The van der Waals surface area contributed by atoms with Crippen molar-refractivity contribution in [1.82, 2.24) is 14.9 Å². The summed E-state index contributed by atoms with van der Waals surface area (Å²) in [4.78, 5) is 38.6. The second-order valence-corrected chi connectivity index (χ2v) is 5.66. The van der Waals surface area contributed by atoms with Crippen LogP contribution in [-0.4, -0.2) is 29.2 Å². The van der Waals surface area contributed by atoms with Gasteiger partial charge in [-0.15, -0.1) is 0 Å². The molecule has 1 aromatic carbocycles. The Bertz CT molecular complexity index is 849. The lowest BCUT2D eigenvalue weighted by Crippen LogP contribution is -2.40. The van der Waals surface area contributed by atoms with Crippen LogP contribution in [0.1, 0.15) is 35.5 Å². The largest absolute Gasteiger partial charge is 0.496 e. The number of nitrogens with one attached hydrogen (secondary N) is 2. The fourth-order valence-corrected chi connectivity index (χ4v) is 2.51. The first-order chi connectivity index (χ1) is 12.1.